The fourth-order valence-corrected chi connectivity index (χ4v) is 2.91. The van der Waals surface area contributed by atoms with Crippen LogP contribution in [0.15, 0.2) is 48.5 Å². The van der Waals surface area contributed by atoms with Gasteiger partial charge in [-0.05, 0) is 30.5 Å². The van der Waals surface area contributed by atoms with E-state index in [1.165, 1.54) is 12.1 Å². The number of likely N-dealkylation sites (tertiary alicyclic amines) is 1. The highest BCUT2D eigenvalue weighted by Crippen LogP contribution is 2.33. The van der Waals surface area contributed by atoms with Crippen LogP contribution in [0.4, 0.5) is 10.1 Å². The maximum atomic E-state index is 13.6. The SMILES string of the molecule is Nc1c(F)cccc1C(=O)N1CCCC1c1ccccc1. The fraction of sp³-hybridized carbons (Fsp3) is 0.235. The molecule has 108 valence electrons. The molecule has 1 unspecified atom stereocenters. The Labute approximate surface area is 123 Å². The third-order valence-electron chi connectivity index (χ3n) is 3.98. The zero-order chi connectivity index (χ0) is 14.8. The summed E-state index contributed by atoms with van der Waals surface area (Å²) < 4.78 is 13.6. The minimum Gasteiger partial charge on any atom is -0.396 e. The Morgan fingerprint density at radius 2 is 1.90 bits per heavy atom. The summed E-state index contributed by atoms with van der Waals surface area (Å²) in [6, 6.07) is 14.3. The maximum Gasteiger partial charge on any atom is 0.256 e. The second-order valence-electron chi connectivity index (χ2n) is 5.27. The van der Waals surface area contributed by atoms with Crippen molar-refractivity contribution in [2.24, 2.45) is 0 Å². The van der Waals surface area contributed by atoms with E-state index in [0.29, 0.717) is 6.54 Å². The minimum atomic E-state index is -0.545. The summed E-state index contributed by atoms with van der Waals surface area (Å²) in [7, 11) is 0. The third kappa shape index (κ3) is 2.49. The molecular weight excluding hydrogens is 267 g/mol. The molecule has 0 bridgehead atoms. The third-order valence-corrected chi connectivity index (χ3v) is 3.98. The number of carbonyl (C=O) groups excluding carboxylic acids is 1. The number of anilines is 1. The number of hydrogen-bond donors (Lipinski definition) is 1. The molecule has 3 rings (SSSR count). The van der Waals surface area contributed by atoms with Crippen molar-refractivity contribution >= 4 is 11.6 Å². The van der Waals surface area contributed by atoms with Gasteiger partial charge in [0.05, 0.1) is 17.3 Å². The van der Waals surface area contributed by atoms with Gasteiger partial charge in [-0.25, -0.2) is 4.39 Å². The smallest absolute Gasteiger partial charge is 0.256 e. The molecule has 0 aliphatic carbocycles. The van der Waals surface area contributed by atoms with Crippen LogP contribution in [0.5, 0.6) is 0 Å². The Kier molecular flexibility index (Phi) is 3.60. The summed E-state index contributed by atoms with van der Waals surface area (Å²) in [6.07, 6.45) is 1.87. The van der Waals surface area contributed by atoms with Gasteiger partial charge in [-0.15, -0.1) is 0 Å². The molecule has 2 N–H and O–H groups in total. The van der Waals surface area contributed by atoms with Crippen molar-refractivity contribution in [3.05, 3.63) is 65.5 Å². The van der Waals surface area contributed by atoms with Gasteiger partial charge in [-0.3, -0.25) is 4.79 Å². The highest BCUT2D eigenvalue weighted by atomic mass is 19.1. The lowest BCUT2D eigenvalue weighted by Gasteiger charge is -2.25. The predicted molar refractivity (Wildman–Crippen MR) is 80.3 cm³/mol. The molecule has 21 heavy (non-hydrogen) atoms. The Bertz CT molecular complexity index is 657. The molecule has 1 amide bonds. The van der Waals surface area contributed by atoms with Gasteiger partial charge in [-0.1, -0.05) is 36.4 Å². The second kappa shape index (κ2) is 5.56. The van der Waals surface area contributed by atoms with Crippen LogP contribution in [0.25, 0.3) is 0 Å². The van der Waals surface area contributed by atoms with Gasteiger partial charge < -0.3 is 10.6 Å². The lowest BCUT2D eigenvalue weighted by atomic mass is 10.0. The van der Waals surface area contributed by atoms with E-state index in [-0.39, 0.29) is 23.2 Å². The number of halogens is 1. The predicted octanol–water partition coefficient (Wildman–Crippen LogP) is 3.39. The molecule has 3 nitrogen and oxygen atoms in total. The number of nitrogen functional groups attached to an aromatic ring is 1. The van der Waals surface area contributed by atoms with E-state index >= 15 is 0 Å². The first-order valence-electron chi connectivity index (χ1n) is 7.08. The van der Waals surface area contributed by atoms with E-state index in [1.54, 1.807) is 11.0 Å². The van der Waals surface area contributed by atoms with Crippen molar-refractivity contribution in [1.29, 1.82) is 0 Å². The van der Waals surface area contributed by atoms with Crippen molar-refractivity contribution in [3.63, 3.8) is 0 Å². The standard InChI is InChI=1S/C17H17FN2O/c18-14-9-4-8-13(16(14)19)17(21)20-11-5-10-15(20)12-6-2-1-3-7-12/h1-4,6-9,15H,5,10-11,19H2. The summed E-state index contributed by atoms with van der Waals surface area (Å²) >= 11 is 0. The fourth-order valence-electron chi connectivity index (χ4n) is 2.91. The van der Waals surface area contributed by atoms with Gasteiger partial charge >= 0.3 is 0 Å². The quantitative estimate of drug-likeness (QED) is 0.859. The molecule has 1 atom stereocenters. The van der Waals surface area contributed by atoms with Crippen molar-refractivity contribution in [2.75, 3.05) is 12.3 Å². The normalized spacial score (nSPS) is 18.0. The first-order chi connectivity index (χ1) is 10.2. The molecule has 2 aromatic rings. The molecule has 1 aliphatic heterocycles. The van der Waals surface area contributed by atoms with Crippen LogP contribution in [-0.4, -0.2) is 17.4 Å². The number of amides is 1. The minimum absolute atomic E-state index is 0.0429. The largest absolute Gasteiger partial charge is 0.396 e. The van der Waals surface area contributed by atoms with Crippen molar-refractivity contribution in [2.45, 2.75) is 18.9 Å². The maximum absolute atomic E-state index is 13.6. The zero-order valence-electron chi connectivity index (χ0n) is 11.6. The lowest BCUT2D eigenvalue weighted by Crippen LogP contribution is -2.31. The van der Waals surface area contributed by atoms with E-state index in [0.717, 1.165) is 18.4 Å². The molecule has 0 spiro atoms. The Morgan fingerprint density at radius 1 is 1.14 bits per heavy atom. The summed E-state index contributed by atoms with van der Waals surface area (Å²) in [5.74, 6) is -0.741. The first kappa shape index (κ1) is 13.6. The molecule has 1 aliphatic rings. The zero-order valence-corrected chi connectivity index (χ0v) is 11.6. The molecule has 0 radical (unpaired) electrons. The van der Waals surface area contributed by atoms with Gasteiger partial charge in [0.2, 0.25) is 0 Å². The van der Waals surface area contributed by atoms with Gasteiger partial charge in [0.1, 0.15) is 5.82 Å². The summed E-state index contributed by atoms with van der Waals surface area (Å²) in [5.41, 5.74) is 7.00. The molecule has 0 aromatic heterocycles. The second-order valence-corrected chi connectivity index (χ2v) is 5.27. The van der Waals surface area contributed by atoms with Crippen molar-refractivity contribution in [3.8, 4) is 0 Å². The number of carbonyl (C=O) groups is 1. The van der Waals surface area contributed by atoms with Gasteiger partial charge in [0.15, 0.2) is 0 Å². The summed E-state index contributed by atoms with van der Waals surface area (Å²) in [6.45, 7) is 0.675. The molecule has 4 heteroatoms. The molecule has 1 saturated heterocycles. The van der Waals surface area contributed by atoms with Crippen LogP contribution in [0.1, 0.15) is 34.8 Å². The van der Waals surface area contributed by atoms with Gasteiger partial charge in [-0.2, -0.15) is 0 Å². The summed E-state index contributed by atoms with van der Waals surface area (Å²) in [4.78, 5) is 14.5. The van der Waals surface area contributed by atoms with Crippen molar-refractivity contribution in [1.82, 2.24) is 4.90 Å². The average Bonchev–Trinajstić information content (AvgIpc) is 3.00. The highest BCUT2D eigenvalue weighted by molar-refractivity contribution is 5.99. The number of para-hydroxylation sites is 1. The van der Waals surface area contributed by atoms with Crippen molar-refractivity contribution < 1.29 is 9.18 Å². The van der Waals surface area contributed by atoms with E-state index in [4.69, 9.17) is 5.73 Å². The van der Waals surface area contributed by atoms with E-state index in [9.17, 15) is 9.18 Å². The molecule has 1 fully saturated rings. The van der Waals surface area contributed by atoms with Crippen LogP contribution in [0.3, 0.4) is 0 Å². The van der Waals surface area contributed by atoms with E-state index < -0.39 is 5.82 Å². The molecule has 1 heterocycles. The van der Waals surface area contributed by atoms with Crippen LogP contribution < -0.4 is 5.73 Å². The Balaban J connectivity index is 1.92. The highest BCUT2D eigenvalue weighted by Gasteiger charge is 2.31. The van der Waals surface area contributed by atoms with Crippen LogP contribution >= 0.6 is 0 Å². The number of benzene rings is 2. The number of nitrogens with zero attached hydrogens (tertiary/aromatic N) is 1. The number of rotatable bonds is 2. The number of nitrogens with two attached hydrogens (primary N) is 1. The van der Waals surface area contributed by atoms with Crippen LogP contribution in [-0.2, 0) is 0 Å². The van der Waals surface area contributed by atoms with E-state index in [2.05, 4.69) is 0 Å². The molecule has 2 aromatic carbocycles. The monoisotopic (exact) mass is 284 g/mol. The topological polar surface area (TPSA) is 46.3 Å². The lowest BCUT2D eigenvalue weighted by molar-refractivity contribution is 0.0736. The van der Waals surface area contributed by atoms with Gasteiger partial charge in [0.25, 0.3) is 5.91 Å². The van der Waals surface area contributed by atoms with Gasteiger partial charge in [0, 0.05) is 6.54 Å². The Morgan fingerprint density at radius 3 is 2.67 bits per heavy atom. The first-order valence-corrected chi connectivity index (χ1v) is 7.08. The average molecular weight is 284 g/mol. The van der Waals surface area contributed by atoms with Crippen LogP contribution in [0.2, 0.25) is 0 Å². The summed E-state index contributed by atoms with van der Waals surface area (Å²) in [5, 5.41) is 0. The van der Waals surface area contributed by atoms with E-state index in [1.807, 2.05) is 30.3 Å². The number of hydrogen-bond acceptors (Lipinski definition) is 2. The molecular formula is C17H17FN2O. The Hall–Kier alpha value is -2.36. The van der Waals surface area contributed by atoms with Crippen LogP contribution in [0, 0.1) is 5.82 Å². The molecule has 0 saturated carbocycles.